The summed E-state index contributed by atoms with van der Waals surface area (Å²) in [7, 11) is 0. The third-order valence-electron chi connectivity index (χ3n) is 16.8. The summed E-state index contributed by atoms with van der Waals surface area (Å²) in [6.45, 7) is 1.70. The van der Waals surface area contributed by atoms with Gasteiger partial charge in [-0.1, -0.05) is 210 Å². The Morgan fingerprint density at radius 3 is 1.16 bits per heavy atom. The smallest absolute Gasteiger partial charge is 0.220 e. The first kappa shape index (κ1) is 78.0. The molecule has 19 heteroatoms. The molecule has 3 rings (SSSR count). The van der Waals surface area contributed by atoms with Crippen molar-refractivity contribution in [3.63, 3.8) is 0 Å². The van der Waals surface area contributed by atoms with E-state index in [-0.39, 0.29) is 18.9 Å². The van der Waals surface area contributed by atoms with E-state index < -0.39 is 124 Å². The zero-order valence-electron chi connectivity index (χ0n) is 52.8. The highest BCUT2D eigenvalue weighted by molar-refractivity contribution is 5.76. The summed E-state index contributed by atoms with van der Waals surface area (Å²) in [4.78, 5) is 13.3. The summed E-state index contributed by atoms with van der Waals surface area (Å²) in [6.07, 6.45) is 31.0. The van der Waals surface area contributed by atoms with Crippen LogP contribution in [0.15, 0.2) is 48.6 Å². The fourth-order valence-electron chi connectivity index (χ4n) is 11.3. The molecular formula is C67H121NO18. The van der Waals surface area contributed by atoms with Gasteiger partial charge in [0.15, 0.2) is 18.9 Å². The van der Waals surface area contributed by atoms with E-state index >= 15 is 0 Å². The third-order valence-corrected chi connectivity index (χ3v) is 16.8. The number of allylic oxidation sites excluding steroid dienone is 7. The average molecular weight is 1230 g/mol. The molecule has 0 saturated carbocycles. The zero-order valence-corrected chi connectivity index (χ0v) is 52.8. The molecule has 19 nitrogen and oxygen atoms in total. The van der Waals surface area contributed by atoms with E-state index in [2.05, 4.69) is 55.6 Å². The van der Waals surface area contributed by atoms with E-state index in [0.717, 1.165) is 64.2 Å². The molecule has 86 heavy (non-hydrogen) atoms. The van der Waals surface area contributed by atoms with Crippen LogP contribution in [0.2, 0.25) is 0 Å². The van der Waals surface area contributed by atoms with Crippen molar-refractivity contribution in [2.24, 2.45) is 0 Å². The van der Waals surface area contributed by atoms with Crippen molar-refractivity contribution in [2.75, 3.05) is 26.4 Å². The van der Waals surface area contributed by atoms with Gasteiger partial charge in [-0.15, -0.1) is 0 Å². The highest BCUT2D eigenvalue weighted by Crippen LogP contribution is 2.33. The number of hydrogen-bond donors (Lipinski definition) is 12. The minimum Gasteiger partial charge on any atom is -0.394 e. The van der Waals surface area contributed by atoms with Gasteiger partial charge in [-0.05, 0) is 70.6 Å². The lowest BCUT2D eigenvalue weighted by Gasteiger charge is -2.48. The number of nitrogens with one attached hydrogen (secondary N) is 1. The molecule has 3 heterocycles. The fraction of sp³-hybridized carbons (Fsp3) is 0.866. The summed E-state index contributed by atoms with van der Waals surface area (Å²) < 4.78 is 34.3. The number of ether oxygens (including phenoxy) is 6. The maximum Gasteiger partial charge on any atom is 0.220 e. The van der Waals surface area contributed by atoms with Gasteiger partial charge < -0.3 is 89.9 Å². The van der Waals surface area contributed by atoms with Crippen LogP contribution in [0.1, 0.15) is 239 Å². The molecule has 12 N–H and O–H groups in total. The molecule has 0 bridgehead atoms. The summed E-state index contributed by atoms with van der Waals surface area (Å²) in [6, 6.07) is -1.00. The first-order valence-corrected chi connectivity index (χ1v) is 33.9. The van der Waals surface area contributed by atoms with Crippen LogP contribution in [0, 0.1) is 0 Å². The van der Waals surface area contributed by atoms with Crippen molar-refractivity contribution in [3.8, 4) is 0 Å². The molecule has 1 amide bonds. The van der Waals surface area contributed by atoms with Gasteiger partial charge in [0, 0.05) is 6.42 Å². The van der Waals surface area contributed by atoms with Crippen LogP contribution in [-0.2, 0) is 33.2 Å². The van der Waals surface area contributed by atoms with Gasteiger partial charge in [-0.2, -0.15) is 0 Å². The number of carbonyl (C=O) groups excluding carboxylic acids is 1. The molecule has 0 aromatic carbocycles. The van der Waals surface area contributed by atoms with Gasteiger partial charge in [0.1, 0.15) is 73.2 Å². The first-order chi connectivity index (χ1) is 41.8. The van der Waals surface area contributed by atoms with Crippen LogP contribution in [0.3, 0.4) is 0 Å². The summed E-state index contributed by atoms with van der Waals surface area (Å²) in [5.41, 5.74) is 0. The van der Waals surface area contributed by atoms with Crippen LogP contribution < -0.4 is 5.32 Å². The molecule has 0 aromatic heterocycles. The van der Waals surface area contributed by atoms with Crippen molar-refractivity contribution in [2.45, 2.75) is 343 Å². The Labute approximate surface area is 516 Å². The molecule has 3 aliphatic rings. The van der Waals surface area contributed by atoms with E-state index in [0.29, 0.717) is 12.8 Å². The first-order valence-electron chi connectivity index (χ1n) is 33.9. The van der Waals surface area contributed by atoms with Crippen LogP contribution >= 0.6 is 0 Å². The van der Waals surface area contributed by atoms with Crippen LogP contribution in [0.4, 0.5) is 0 Å². The van der Waals surface area contributed by atoms with Crippen molar-refractivity contribution >= 4 is 5.91 Å². The van der Waals surface area contributed by atoms with E-state index in [9.17, 15) is 61.0 Å². The molecule has 0 aliphatic carbocycles. The summed E-state index contributed by atoms with van der Waals surface area (Å²) in [5.74, 6) is -0.298. The predicted octanol–water partition coefficient (Wildman–Crippen LogP) is 8.22. The van der Waals surface area contributed by atoms with E-state index in [1.54, 1.807) is 6.08 Å². The Morgan fingerprint density at radius 2 is 0.744 bits per heavy atom. The number of hydrogen-bond acceptors (Lipinski definition) is 18. The monoisotopic (exact) mass is 1230 g/mol. The Kier molecular flexibility index (Phi) is 44.8. The number of aliphatic hydroxyl groups is 11. The van der Waals surface area contributed by atoms with Crippen molar-refractivity contribution in [1.82, 2.24) is 5.32 Å². The van der Waals surface area contributed by atoms with Crippen LogP contribution in [-0.4, -0.2) is 193 Å². The molecular weight excluding hydrogens is 1110 g/mol. The molecule has 502 valence electrons. The summed E-state index contributed by atoms with van der Waals surface area (Å²) >= 11 is 0. The quantitative estimate of drug-likeness (QED) is 0.0202. The van der Waals surface area contributed by atoms with Gasteiger partial charge in [-0.3, -0.25) is 4.79 Å². The lowest BCUT2D eigenvalue weighted by Crippen LogP contribution is -2.66. The number of amides is 1. The van der Waals surface area contributed by atoms with E-state index in [1.807, 2.05) is 6.08 Å². The molecule has 0 aromatic rings. The van der Waals surface area contributed by atoms with Gasteiger partial charge >= 0.3 is 0 Å². The Hall–Kier alpha value is -2.25. The van der Waals surface area contributed by atoms with Crippen LogP contribution in [0.25, 0.3) is 0 Å². The Bertz CT molecular complexity index is 1750. The highest BCUT2D eigenvalue weighted by Gasteiger charge is 2.53. The second-order valence-corrected chi connectivity index (χ2v) is 24.3. The van der Waals surface area contributed by atoms with Crippen molar-refractivity contribution in [1.29, 1.82) is 0 Å². The standard InChI is InChI=1S/C67H121NO18/c1-3-5-7-9-11-13-15-17-19-20-21-22-23-24-25-26-27-28-29-31-32-34-36-38-40-42-44-51(72)50(68-55(73)45-43-41-39-37-35-33-30-18-16-14-12-10-8-6-4-2)49-81-65-61(79)58(76)63(53(47-70)83-65)86-67-62(80)59(77)64(54(48-71)84-67)85-66-60(78)57(75)56(74)52(46-69)82-66/h18,28-30,34,36,42,44,50-54,56-67,69-72,74-80H,3-17,19-27,31-33,35,37-41,43,45-49H2,1-2H3,(H,68,73)/b29-28+,30-18-,36-34+,44-42+. The minimum atomic E-state index is -1.98. The maximum absolute atomic E-state index is 13.3. The summed E-state index contributed by atoms with van der Waals surface area (Å²) in [5, 5.41) is 120. The normalized spacial score (nSPS) is 29.1. The van der Waals surface area contributed by atoms with Gasteiger partial charge in [0.05, 0.1) is 38.6 Å². The number of carbonyl (C=O) groups is 1. The van der Waals surface area contributed by atoms with Crippen molar-refractivity contribution < 1.29 is 89.4 Å². The lowest BCUT2D eigenvalue weighted by atomic mass is 9.96. The molecule has 0 spiro atoms. The second-order valence-electron chi connectivity index (χ2n) is 24.3. The third kappa shape index (κ3) is 31.7. The van der Waals surface area contributed by atoms with Gasteiger partial charge in [0.2, 0.25) is 5.91 Å². The topological polar surface area (TPSA) is 307 Å². The molecule has 3 fully saturated rings. The molecule has 3 aliphatic heterocycles. The number of aliphatic hydroxyl groups excluding tert-OH is 11. The zero-order chi connectivity index (χ0) is 62.6. The lowest BCUT2D eigenvalue weighted by molar-refractivity contribution is -0.379. The van der Waals surface area contributed by atoms with Gasteiger partial charge in [-0.25, -0.2) is 0 Å². The average Bonchev–Trinajstić information content (AvgIpc) is 2.24. The molecule has 17 atom stereocenters. The fourth-order valence-corrected chi connectivity index (χ4v) is 11.3. The predicted molar refractivity (Wildman–Crippen MR) is 332 cm³/mol. The second kappa shape index (κ2) is 49.5. The van der Waals surface area contributed by atoms with E-state index in [4.69, 9.17) is 28.4 Å². The largest absolute Gasteiger partial charge is 0.394 e. The highest BCUT2D eigenvalue weighted by atomic mass is 16.8. The van der Waals surface area contributed by atoms with Crippen molar-refractivity contribution in [3.05, 3.63) is 48.6 Å². The molecule has 0 radical (unpaired) electrons. The molecule has 3 saturated heterocycles. The Morgan fingerprint density at radius 1 is 0.407 bits per heavy atom. The SMILES string of the molecule is CCCCCCCC/C=C\CCCCCCCC(=O)NC(COC1OC(CO)C(OC2OC(CO)C(OC3OC(CO)C(O)C(O)C3O)C(O)C2O)C(O)C1O)C(O)/C=C/CC/C=C/CC/C=C/CCCCCCCCCCCCCCCCCC. The molecule has 17 unspecified atom stereocenters. The van der Waals surface area contributed by atoms with E-state index in [1.165, 1.54) is 141 Å². The number of rotatable bonds is 51. The Balaban J connectivity index is 1.46. The van der Waals surface area contributed by atoms with Gasteiger partial charge in [0.25, 0.3) is 0 Å². The van der Waals surface area contributed by atoms with Crippen LogP contribution in [0.5, 0.6) is 0 Å². The minimum absolute atomic E-state index is 0.221. The number of unbranched alkanes of at least 4 members (excludes halogenated alkanes) is 29. The maximum atomic E-state index is 13.3.